The van der Waals surface area contributed by atoms with Gasteiger partial charge in [-0.2, -0.15) is 0 Å². The third-order valence-electron chi connectivity index (χ3n) is 5.20. The summed E-state index contributed by atoms with van der Waals surface area (Å²) in [5.41, 5.74) is 0.00461. The Balaban J connectivity index is 1.79. The van der Waals surface area contributed by atoms with E-state index in [1.54, 1.807) is 42.5 Å². The molecule has 26 heavy (non-hydrogen) atoms. The SMILES string of the molecule is O=C1C[C@@H]2[C@@H](C(=O)O)N(C(=O)c3ccccc3)C[C@]2(c2ccccc2)O1. The van der Waals surface area contributed by atoms with Gasteiger partial charge in [0.05, 0.1) is 13.0 Å². The number of hydrogen-bond acceptors (Lipinski definition) is 4. The van der Waals surface area contributed by atoms with Crippen LogP contribution in [0.15, 0.2) is 60.7 Å². The fourth-order valence-electron chi connectivity index (χ4n) is 4.08. The maximum Gasteiger partial charge on any atom is 0.326 e. The molecule has 2 heterocycles. The fourth-order valence-corrected chi connectivity index (χ4v) is 4.08. The molecular formula is C20H17NO5. The summed E-state index contributed by atoms with van der Waals surface area (Å²) in [6.07, 6.45) is -0.0234. The first-order valence-corrected chi connectivity index (χ1v) is 8.39. The molecule has 0 spiro atoms. The van der Waals surface area contributed by atoms with Crippen LogP contribution < -0.4 is 0 Å². The van der Waals surface area contributed by atoms with Crippen molar-refractivity contribution in [3.8, 4) is 0 Å². The van der Waals surface area contributed by atoms with Crippen molar-refractivity contribution in [2.45, 2.75) is 18.1 Å². The monoisotopic (exact) mass is 351 g/mol. The van der Waals surface area contributed by atoms with E-state index < -0.39 is 29.5 Å². The predicted octanol–water partition coefficient (Wildman–Crippen LogP) is 2.05. The van der Waals surface area contributed by atoms with E-state index in [4.69, 9.17) is 4.74 Å². The van der Waals surface area contributed by atoms with Gasteiger partial charge in [0.25, 0.3) is 5.91 Å². The van der Waals surface area contributed by atoms with Gasteiger partial charge in [0, 0.05) is 11.5 Å². The van der Waals surface area contributed by atoms with Crippen LogP contribution in [0, 0.1) is 5.92 Å². The summed E-state index contributed by atoms with van der Waals surface area (Å²) in [4.78, 5) is 38.3. The van der Waals surface area contributed by atoms with E-state index in [9.17, 15) is 19.5 Å². The van der Waals surface area contributed by atoms with Crippen LogP contribution in [0.3, 0.4) is 0 Å². The van der Waals surface area contributed by atoms with E-state index in [-0.39, 0.29) is 18.9 Å². The number of aliphatic carboxylic acids is 1. The fraction of sp³-hybridized carbons (Fsp3) is 0.250. The van der Waals surface area contributed by atoms with Crippen molar-refractivity contribution in [3.05, 3.63) is 71.8 Å². The number of carbonyl (C=O) groups excluding carboxylic acids is 2. The van der Waals surface area contributed by atoms with Crippen molar-refractivity contribution < 1.29 is 24.2 Å². The van der Waals surface area contributed by atoms with Gasteiger partial charge >= 0.3 is 11.9 Å². The molecule has 2 aromatic rings. The highest BCUT2D eigenvalue weighted by molar-refractivity contribution is 5.97. The predicted molar refractivity (Wildman–Crippen MR) is 91.2 cm³/mol. The van der Waals surface area contributed by atoms with Crippen molar-refractivity contribution in [2.75, 3.05) is 6.54 Å². The smallest absolute Gasteiger partial charge is 0.326 e. The number of amides is 1. The van der Waals surface area contributed by atoms with Gasteiger partial charge in [-0.15, -0.1) is 0 Å². The number of esters is 1. The lowest BCUT2D eigenvalue weighted by Crippen LogP contribution is -2.43. The number of ether oxygens (including phenoxy) is 1. The highest BCUT2D eigenvalue weighted by atomic mass is 16.6. The average molecular weight is 351 g/mol. The minimum Gasteiger partial charge on any atom is -0.480 e. The van der Waals surface area contributed by atoms with Crippen LogP contribution in [-0.2, 0) is 19.9 Å². The van der Waals surface area contributed by atoms with Gasteiger partial charge in [-0.25, -0.2) is 4.79 Å². The summed E-state index contributed by atoms with van der Waals surface area (Å²) in [5.74, 6) is -2.56. The summed E-state index contributed by atoms with van der Waals surface area (Å²) in [7, 11) is 0. The Morgan fingerprint density at radius 1 is 1.04 bits per heavy atom. The van der Waals surface area contributed by atoms with Gasteiger partial charge in [-0.1, -0.05) is 48.5 Å². The second-order valence-corrected chi connectivity index (χ2v) is 6.62. The molecule has 6 nitrogen and oxygen atoms in total. The van der Waals surface area contributed by atoms with Gasteiger partial charge in [-0.3, -0.25) is 9.59 Å². The van der Waals surface area contributed by atoms with E-state index in [0.29, 0.717) is 11.1 Å². The van der Waals surface area contributed by atoms with Crippen molar-refractivity contribution >= 4 is 17.8 Å². The highest BCUT2D eigenvalue weighted by Gasteiger charge is 2.64. The molecule has 0 aromatic heterocycles. The first-order chi connectivity index (χ1) is 12.5. The van der Waals surface area contributed by atoms with Crippen LogP contribution in [0.25, 0.3) is 0 Å². The zero-order valence-corrected chi connectivity index (χ0v) is 13.9. The van der Waals surface area contributed by atoms with Crippen molar-refractivity contribution in [2.24, 2.45) is 5.92 Å². The van der Waals surface area contributed by atoms with Gasteiger partial charge in [0.15, 0.2) is 5.60 Å². The number of benzene rings is 2. The van der Waals surface area contributed by atoms with E-state index >= 15 is 0 Å². The number of carboxylic acids is 1. The molecule has 0 radical (unpaired) electrons. The lowest BCUT2D eigenvalue weighted by atomic mass is 9.81. The summed E-state index contributed by atoms with van der Waals surface area (Å²) >= 11 is 0. The van der Waals surface area contributed by atoms with Crippen LogP contribution >= 0.6 is 0 Å². The topological polar surface area (TPSA) is 83.9 Å². The first-order valence-electron chi connectivity index (χ1n) is 8.39. The Morgan fingerprint density at radius 2 is 1.65 bits per heavy atom. The zero-order chi connectivity index (χ0) is 18.3. The van der Waals surface area contributed by atoms with E-state index in [1.165, 1.54) is 4.90 Å². The van der Waals surface area contributed by atoms with E-state index in [0.717, 1.165) is 0 Å². The molecule has 2 fully saturated rings. The van der Waals surface area contributed by atoms with Gasteiger partial charge in [-0.05, 0) is 17.7 Å². The first kappa shape index (κ1) is 16.3. The van der Waals surface area contributed by atoms with Crippen LogP contribution in [0.4, 0.5) is 0 Å². The molecule has 6 heteroatoms. The summed E-state index contributed by atoms with van der Waals surface area (Å²) in [5, 5.41) is 9.81. The summed E-state index contributed by atoms with van der Waals surface area (Å²) < 4.78 is 5.66. The molecule has 1 amide bonds. The van der Waals surface area contributed by atoms with Crippen LogP contribution in [0.1, 0.15) is 22.3 Å². The molecule has 0 saturated carbocycles. The summed E-state index contributed by atoms with van der Waals surface area (Å²) in [6.45, 7) is 0.0259. The molecule has 1 N–H and O–H groups in total. The molecule has 4 rings (SSSR count). The number of nitrogens with zero attached hydrogens (tertiary/aromatic N) is 1. The second-order valence-electron chi connectivity index (χ2n) is 6.62. The summed E-state index contributed by atoms with van der Waals surface area (Å²) in [6, 6.07) is 16.5. The number of fused-ring (bicyclic) bond motifs is 1. The number of likely N-dealkylation sites (tertiary alicyclic amines) is 1. The maximum atomic E-state index is 13.0. The Kier molecular flexibility index (Phi) is 3.76. The highest BCUT2D eigenvalue weighted by Crippen LogP contribution is 2.50. The Morgan fingerprint density at radius 3 is 2.27 bits per heavy atom. The van der Waals surface area contributed by atoms with Crippen LogP contribution in [0.2, 0.25) is 0 Å². The van der Waals surface area contributed by atoms with Crippen LogP contribution in [0.5, 0.6) is 0 Å². The molecule has 2 aliphatic heterocycles. The molecule has 0 aliphatic carbocycles. The van der Waals surface area contributed by atoms with Crippen LogP contribution in [-0.4, -0.2) is 40.4 Å². The van der Waals surface area contributed by atoms with Crippen molar-refractivity contribution in [3.63, 3.8) is 0 Å². The van der Waals surface area contributed by atoms with E-state index in [2.05, 4.69) is 0 Å². The van der Waals surface area contributed by atoms with Gasteiger partial charge < -0.3 is 14.7 Å². The molecule has 0 unspecified atom stereocenters. The third kappa shape index (κ3) is 2.37. The number of rotatable bonds is 3. The average Bonchev–Trinajstić information content (AvgIpc) is 3.14. The molecule has 2 aromatic carbocycles. The minimum atomic E-state index is -1.13. The third-order valence-corrected chi connectivity index (χ3v) is 5.20. The second kappa shape index (κ2) is 5.98. The molecule has 2 aliphatic rings. The van der Waals surface area contributed by atoms with Gasteiger partial charge in [0.1, 0.15) is 6.04 Å². The molecular weight excluding hydrogens is 334 g/mol. The Hall–Kier alpha value is -3.15. The standard InChI is InChI=1S/C20H17NO5/c22-16-11-15-17(19(24)25)21(18(23)13-7-3-1-4-8-13)12-20(15,26-16)14-9-5-2-6-10-14/h1-10,15,17H,11-12H2,(H,24,25)/t15-,17+,20-/m1/s1. The quantitative estimate of drug-likeness (QED) is 0.856. The number of carboxylic acid groups (broad SMARTS) is 1. The Labute approximate surface area is 150 Å². The maximum absolute atomic E-state index is 13.0. The number of hydrogen-bond donors (Lipinski definition) is 1. The number of carbonyl (C=O) groups is 3. The molecule has 132 valence electrons. The zero-order valence-electron chi connectivity index (χ0n) is 13.9. The Bertz CT molecular complexity index is 866. The van der Waals surface area contributed by atoms with Crippen molar-refractivity contribution in [1.29, 1.82) is 0 Å². The molecule has 2 saturated heterocycles. The normalized spacial score (nSPS) is 27.1. The molecule has 0 bridgehead atoms. The van der Waals surface area contributed by atoms with Crippen molar-refractivity contribution in [1.82, 2.24) is 4.90 Å². The van der Waals surface area contributed by atoms with E-state index in [1.807, 2.05) is 18.2 Å². The largest absolute Gasteiger partial charge is 0.480 e. The lowest BCUT2D eigenvalue weighted by molar-refractivity contribution is -0.149. The van der Waals surface area contributed by atoms with Gasteiger partial charge in [0.2, 0.25) is 0 Å². The molecule has 3 atom stereocenters. The lowest BCUT2D eigenvalue weighted by Gasteiger charge is -2.27. The minimum absolute atomic E-state index is 0.0234.